The van der Waals surface area contributed by atoms with Gasteiger partial charge in [0.1, 0.15) is 11.5 Å². The van der Waals surface area contributed by atoms with Crippen LogP contribution in [-0.2, 0) is 6.54 Å². The molecule has 8 aromatic rings. The molecule has 8 aromatic carbocycles. The molecule has 6 heteroatoms. The molecule has 0 aromatic heterocycles. The molecule has 6 nitrogen and oxygen atoms in total. The summed E-state index contributed by atoms with van der Waals surface area (Å²) in [6, 6.07) is 62.4. The van der Waals surface area contributed by atoms with Gasteiger partial charge in [-0.2, -0.15) is 0 Å². The normalized spacial score (nSPS) is 11.5. The highest BCUT2D eigenvalue weighted by Crippen LogP contribution is 2.41. The Bertz CT molecular complexity index is 2790. The lowest BCUT2D eigenvalue weighted by atomic mass is 9.92. The molecule has 326 valence electrons. The van der Waals surface area contributed by atoms with Gasteiger partial charge in [-0.15, -0.1) is 0 Å². The van der Waals surface area contributed by atoms with Crippen LogP contribution in [0.1, 0.15) is 47.2 Å². The van der Waals surface area contributed by atoms with Crippen LogP contribution in [0.5, 0.6) is 11.5 Å². The maximum atomic E-state index is 11.2. The monoisotopic (exact) mass is 854 g/mol. The Morgan fingerprint density at radius 2 is 0.862 bits per heavy atom. The molecule has 65 heavy (non-hydrogen) atoms. The van der Waals surface area contributed by atoms with E-state index in [-0.39, 0.29) is 16.9 Å². The first-order valence-electron chi connectivity index (χ1n) is 22.3. The molecule has 0 amide bonds. The molecule has 3 N–H and O–H groups in total. The zero-order chi connectivity index (χ0) is 45.5. The molecule has 0 spiro atoms. The number of aromatic hydroxyl groups is 2. The lowest BCUT2D eigenvalue weighted by Gasteiger charge is -2.27. The van der Waals surface area contributed by atoms with E-state index in [0.717, 1.165) is 84.2 Å². The molecule has 0 heterocycles. The average molecular weight is 855 g/mol. The van der Waals surface area contributed by atoms with E-state index in [9.17, 15) is 10.2 Å². The molecule has 0 radical (unpaired) electrons. The van der Waals surface area contributed by atoms with E-state index in [4.69, 9.17) is 4.99 Å². The summed E-state index contributed by atoms with van der Waals surface area (Å²) in [7, 11) is 0. The topological polar surface area (TPSA) is 71.3 Å². The van der Waals surface area contributed by atoms with Crippen molar-refractivity contribution in [2.75, 3.05) is 22.9 Å². The summed E-state index contributed by atoms with van der Waals surface area (Å²) in [6.07, 6.45) is 1.77. The summed E-state index contributed by atoms with van der Waals surface area (Å²) in [4.78, 5) is 9.32. The number of rotatable bonds is 15. The van der Waals surface area contributed by atoms with Crippen LogP contribution >= 0.6 is 0 Å². The Morgan fingerprint density at radius 3 is 1.25 bits per heavy atom. The second kappa shape index (κ2) is 19.5. The Kier molecular flexibility index (Phi) is 13.3. The summed E-state index contributed by atoms with van der Waals surface area (Å²) in [5, 5.41) is 26.0. The molecule has 0 bridgehead atoms. The van der Waals surface area contributed by atoms with Crippen LogP contribution in [-0.4, -0.2) is 29.5 Å². The van der Waals surface area contributed by atoms with Crippen LogP contribution in [0.25, 0.3) is 22.3 Å². The lowest BCUT2D eigenvalue weighted by molar-refractivity contribution is 0.351. The van der Waals surface area contributed by atoms with E-state index in [1.807, 2.05) is 48.5 Å². The van der Waals surface area contributed by atoms with Gasteiger partial charge in [0.25, 0.3) is 0 Å². The lowest BCUT2D eigenvalue weighted by Crippen LogP contribution is -2.31. The summed E-state index contributed by atoms with van der Waals surface area (Å²) < 4.78 is 0. The second-order valence-electron chi connectivity index (χ2n) is 17.8. The Labute approximate surface area is 384 Å². The maximum Gasteiger partial charge on any atom is 0.124 e. The van der Waals surface area contributed by atoms with E-state index < -0.39 is 0 Å². The van der Waals surface area contributed by atoms with Crippen molar-refractivity contribution >= 4 is 40.3 Å². The van der Waals surface area contributed by atoms with Crippen molar-refractivity contribution in [3.05, 3.63) is 215 Å². The van der Waals surface area contributed by atoms with Crippen molar-refractivity contribution in [1.82, 2.24) is 5.32 Å². The van der Waals surface area contributed by atoms with Gasteiger partial charge in [-0.25, -0.2) is 0 Å². The zero-order valence-electron chi connectivity index (χ0n) is 38.3. The van der Waals surface area contributed by atoms with E-state index >= 15 is 0 Å². The number of nitrogens with zero attached hydrogens (tertiary/aromatic N) is 3. The molecule has 0 aliphatic carbocycles. The molecular weight excluding hydrogens is 797 g/mol. The number of aliphatic imine (C=N–C) groups is 1. The quantitative estimate of drug-likeness (QED) is 0.0896. The summed E-state index contributed by atoms with van der Waals surface area (Å²) >= 11 is 0. The van der Waals surface area contributed by atoms with E-state index in [0.29, 0.717) is 25.2 Å². The highest BCUT2D eigenvalue weighted by atomic mass is 16.3. The first-order chi connectivity index (χ1) is 31.5. The molecule has 0 aliphatic rings. The predicted molar refractivity (Wildman–Crippen MR) is 273 cm³/mol. The first kappa shape index (κ1) is 44.2. The number of nitrogens with one attached hydrogen (secondary N) is 1. The number of anilines is 6. The molecule has 0 unspecified atom stereocenters. The molecule has 0 aliphatic heterocycles. The van der Waals surface area contributed by atoms with Crippen LogP contribution < -0.4 is 15.1 Å². The fourth-order valence-electron chi connectivity index (χ4n) is 8.91. The number of phenolic OH excluding ortho intramolecular Hbond substituents is 2. The molecule has 0 saturated heterocycles. The van der Waals surface area contributed by atoms with Crippen LogP contribution in [0.2, 0.25) is 0 Å². The van der Waals surface area contributed by atoms with E-state index in [1.54, 1.807) is 6.21 Å². The van der Waals surface area contributed by atoms with Gasteiger partial charge < -0.3 is 25.3 Å². The molecular formula is C59H58N4O2. The van der Waals surface area contributed by atoms with Crippen molar-refractivity contribution in [2.45, 2.75) is 48.1 Å². The summed E-state index contributed by atoms with van der Waals surface area (Å²) in [5.74, 6) is 0.465. The molecule has 0 saturated carbocycles. The molecule has 8 rings (SSSR count). The first-order valence-corrected chi connectivity index (χ1v) is 22.3. The van der Waals surface area contributed by atoms with E-state index in [1.165, 1.54) is 0 Å². The summed E-state index contributed by atoms with van der Waals surface area (Å²) in [5.41, 5.74) is 16.6. The van der Waals surface area contributed by atoms with Gasteiger partial charge in [-0.1, -0.05) is 105 Å². The van der Waals surface area contributed by atoms with Crippen molar-refractivity contribution in [1.29, 1.82) is 0 Å². The largest absolute Gasteiger partial charge is 0.508 e. The van der Waals surface area contributed by atoms with Gasteiger partial charge in [0, 0.05) is 71.1 Å². The highest BCUT2D eigenvalue weighted by Gasteiger charge is 2.20. The minimum absolute atomic E-state index is 0.172. The number of phenols is 2. The van der Waals surface area contributed by atoms with Crippen molar-refractivity contribution in [2.24, 2.45) is 10.4 Å². The zero-order valence-corrected chi connectivity index (χ0v) is 38.3. The number of hydrogen-bond donors (Lipinski definition) is 3. The van der Waals surface area contributed by atoms with E-state index in [2.05, 4.69) is 190 Å². The standard InChI is InChI=1S/C59H58N4O2/c1-41-31-53(62(49-19-11-7-12-20-49)50-21-13-8-14-22-50)32-42(2)57(41)45-27-29-47(55(64)35-45)37-60-39-59(5,6)40-61-38-48-30-28-46(36-56(48)65)58-43(3)33-54(34-44(58)4)63(51-23-15-9-16-24-51)52-25-17-10-18-26-52/h7-37,61,64-65H,38-40H2,1-6H3. The second-order valence-corrected chi connectivity index (χ2v) is 17.8. The Morgan fingerprint density at radius 1 is 0.477 bits per heavy atom. The van der Waals surface area contributed by atoms with Gasteiger partial charge in [0.15, 0.2) is 0 Å². The molecule has 0 fully saturated rings. The summed E-state index contributed by atoms with van der Waals surface area (Å²) in [6.45, 7) is 14.7. The van der Waals surface area contributed by atoms with Crippen LogP contribution in [0.15, 0.2) is 187 Å². The van der Waals surface area contributed by atoms with Crippen molar-refractivity contribution < 1.29 is 10.2 Å². The van der Waals surface area contributed by atoms with Crippen molar-refractivity contribution in [3.63, 3.8) is 0 Å². The van der Waals surface area contributed by atoms with Crippen molar-refractivity contribution in [3.8, 4) is 33.8 Å². The fraction of sp³-hybridized carbons (Fsp3) is 0.169. The highest BCUT2D eigenvalue weighted by molar-refractivity contribution is 5.87. The van der Waals surface area contributed by atoms with Crippen LogP contribution in [0.4, 0.5) is 34.1 Å². The number of para-hydroxylation sites is 4. The van der Waals surface area contributed by atoms with Gasteiger partial charge >= 0.3 is 0 Å². The third kappa shape index (κ3) is 10.2. The van der Waals surface area contributed by atoms with Gasteiger partial charge in [0.2, 0.25) is 0 Å². The SMILES string of the molecule is Cc1cc(N(c2ccccc2)c2ccccc2)cc(C)c1-c1ccc(C=NCC(C)(C)CNCc2ccc(-c3c(C)cc(N(c4ccccc4)c4ccccc4)cc3C)cc2O)c(O)c1. The third-order valence-electron chi connectivity index (χ3n) is 12.0. The van der Waals surface area contributed by atoms with Crippen LogP contribution in [0, 0.1) is 33.1 Å². The van der Waals surface area contributed by atoms with Gasteiger partial charge in [-0.3, -0.25) is 4.99 Å². The van der Waals surface area contributed by atoms with Gasteiger partial charge in [0.05, 0.1) is 0 Å². The Balaban J connectivity index is 0.898. The predicted octanol–water partition coefficient (Wildman–Crippen LogP) is 14.8. The third-order valence-corrected chi connectivity index (χ3v) is 12.0. The number of benzene rings is 8. The smallest absolute Gasteiger partial charge is 0.124 e. The van der Waals surface area contributed by atoms with Crippen LogP contribution in [0.3, 0.4) is 0 Å². The average Bonchev–Trinajstić information content (AvgIpc) is 3.29. The Hall–Kier alpha value is -7.41. The minimum atomic E-state index is -0.172. The maximum absolute atomic E-state index is 11.2. The number of hydrogen-bond acceptors (Lipinski definition) is 6. The molecule has 0 atom stereocenters. The number of aryl methyl sites for hydroxylation is 4. The fourth-order valence-corrected chi connectivity index (χ4v) is 8.91. The van der Waals surface area contributed by atoms with Gasteiger partial charge in [-0.05, 0) is 169 Å². The minimum Gasteiger partial charge on any atom is -0.508 e.